The van der Waals surface area contributed by atoms with Crippen LogP contribution < -0.4 is 43.8 Å². The zero-order valence-electron chi connectivity index (χ0n) is 26.4. The number of anilines is 1. The molecule has 2 aromatic carbocycles. The van der Waals surface area contributed by atoms with Gasteiger partial charge in [0.2, 0.25) is 29.5 Å². The summed E-state index contributed by atoms with van der Waals surface area (Å²) in [7, 11) is 2.48. The minimum atomic E-state index is -1.57. The van der Waals surface area contributed by atoms with Gasteiger partial charge in [0.15, 0.2) is 5.96 Å². The van der Waals surface area contributed by atoms with Gasteiger partial charge in [-0.25, -0.2) is 0 Å². The Morgan fingerprint density at radius 1 is 0.898 bits per heavy atom. The first-order valence-corrected chi connectivity index (χ1v) is 17.6. The number of carbonyl (C=O) groups excluding carboxylic acids is 6. The highest BCUT2D eigenvalue weighted by atomic mass is 33.1. The van der Waals surface area contributed by atoms with Crippen molar-refractivity contribution in [3.05, 3.63) is 42.0 Å². The van der Waals surface area contributed by atoms with Crippen molar-refractivity contribution in [1.82, 2.24) is 21.3 Å². The number of nitrogens with one attached hydrogen (secondary N) is 5. The number of rotatable bonds is 8. The van der Waals surface area contributed by atoms with Gasteiger partial charge < -0.3 is 48.9 Å². The molecule has 0 radical (unpaired) electrons. The maximum Gasteiger partial charge on any atom is 0.305 e. The van der Waals surface area contributed by atoms with Crippen LogP contribution in [-0.4, -0.2) is 95.2 Å². The van der Waals surface area contributed by atoms with Gasteiger partial charge in [-0.3, -0.25) is 38.6 Å². The Morgan fingerprint density at radius 2 is 1.63 bits per heavy atom. The van der Waals surface area contributed by atoms with Gasteiger partial charge >= 0.3 is 5.97 Å². The molecule has 6 amide bonds. The van der Waals surface area contributed by atoms with Crippen molar-refractivity contribution in [2.24, 2.45) is 22.2 Å². The summed E-state index contributed by atoms with van der Waals surface area (Å²) >= 11 is 0. The standard InChI is InChI=1S/C30H39N9O8S2/c31-26(44)22-15-49-48-10-8-23(40)36-19(7-3-4-9-34-30(32)33)28(46)35-14-24(41)37-21(13-25(42)43)29(47)38-20-12-17(27(45)39-22)11-16-5-1-2-6-18(16)20/h1-2,5-6,11-12,19,21-22H,3-4,7-10,13-15H2,(H2,31,44)(H,35,46)(H,36,40)(H,37,41)(H,38,47)(H,39,45)(H,42,43)(H4,32,33,34)/t19-,21-,22-/m0/s1. The smallest absolute Gasteiger partial charge is 0.305 e. The minimum Gasteiger partial charge on any atom is -0.481 e. The van der Waals surface area contributed by atoms with E-state index in [-0.39, 0.29) is 35.8 Å². The number of primary amides is 1. The third kappa shape index (κ3) is 12.8. The number of carbonyl (C=O) groups is 7. The lowest BCUT2D eigenvalue weighted by Crippen LogP contribution is -2.51. The molecule has 0 spiro atoms. The van der Waals surface area contributed by atoms with Gasteiger partial charge in [-0.2, -0.15) is 0 Å². The molecule has 19 heteroatoms. The summed E-state index contributed by atoms with van der Waals surface area (Å²) in [4.78, 5) is 93.0. The lowest BCUT2D eigenvalue weighted by molar-refractivity contribution is -0.140. The van der Waals surface area contributed by atoms with E-state index >= 15 is 0 Å². The maximum absolute atomic E-state index is 13.4. The second kappa shape index (κ2) is 19.1. The first-order valence-electron chi connectivity index (χ1n) is 15.2. The molecule has 3 atom stereocenters. The maximum atomic E-state index is 13.4. The zero-order chi connectivity index (χ0) is 35.9. The summed E-state index contributed by atoms with van der Waals surface area (Å²) in [5, 5.41) is 23.1. The Balaban J connectivity index is 1.89. The van der Waals surface area contributed by atoms with Gasteiger partial charge in [-0.1, -0.05) is 45.9 Å². The molecule has 0 aromatic heterocycles. The van der Waals surface area contributed by atoms with Crippen molar-refractivity contribution in [2.45, 2.75) is 50.2 Å². The van der Waals surface area contributed by atoms with Crippen LogP contribution in [0.5, 0.6) is 0 Å². The first kappa shape index (κ1) is 38.4. The fourth-order valence-corrected chi connectivity index (χ4v) is 6.80. The van der Waals surface area contributed by atoms with Gasteiger partial charge in [0.25, 0.3) is 5.91 Å². The Labute approximate surface area is 289 Å². The van der Waals surface area contributed by atoms with Crippen LogP contribution in [-0.2, 0) is 28.8 Å². The number of fused-ring (bicyclic) bond motifs is 4. The van der Waals surface area contributed by atoms with Gasteiger partial charge in [-0.15, -0.1) is 0 Å². The monoisotopic (exact) mass is 717 g/mol. The molecule has 1 aliphatic rings. The highest BCUT2D eigenvalue weighted by molar-refractivity contribution is 8.76. The molecule has 2 bridgehead atoms. The first-order chi connectivity index (χ1) is 23.3. The highest BCUT2D eigenvalue weighted by Crippen LogP contribution is 2.27. The lowest BCUT2D eigenvalue weighted by atomic mass is 10.0. The van der Waals surface area contributed by atoms with Crippen LogP contribution in [0.1, 0.15) is 42.5 Å². The molecule has 0 aliphatic carbocycles. The van der Waals surface area contributed by atoms with Crippen LogP contribution in [0, 0.1) is 0 Å². The summed E-state index contributed by atoms with van der Waals surface area (Å²) < 4.78 is 0. The third-order valence-corrected chi connectivity index (χ3v) is 9.48. The number of guanidine groups is 1. The van der Waals surface area contributed by atoms with Crippen molar-refractivity contribution in [2.75, 3.05) is 29.9 Å². The molecule has 0 saturated heterocycles. The third-order valence-electron chi connectivity index (χ3n) is 7.06. The van der Waals surface area contributed by atoms with E-state index < -0.39 is 72.5 Å². The molecule has 1 heterocycles. The fourth-order valence-electron chi connectivity index (χ4n) is 4.63. The Kier molecular flexibility index (Phi) is 15.0. The highest BCUT2D eigenvalue weighted by Gasteiger charge is 2.27. The van der Waals surface area contributed by atoms with E-state index in [0.717, 1.165) is 0 Å². The number of hydrogen-bond donors (Lipinski definition) is 9. The largest absolute Gasteiger partial charge is 0.481 e. The number of aliphatic imine (C=N–C) groups is 1. The van der Waals surface area contributed by atoms with Crippen molar-refractivity contribution in [1.29, 1.82) is 0 Å². The van der Waals surface area contributed by atoms with E-state index in [1.807, 2.05) is 0 Å². The van der Waals surface area contributed by atoms with Crippen molar-refractivity contribution >= 4 is 85.4 Å². The molecule has 1 aliphatic heterocycles. The Hall–Kier alpha value is -5.04. The topological polar surface area (TPSA) is 290 Å². The summed E-state index contributed by atoms with van der Waals surface area (Å²) in [5.41, 5.74) is 16.4. The number of benzene rings is 2. The molecule has 0 unspecified atom stereocenters. The summed E-state index contributed by atoms with van der Waals surface area (Å²) in [6, 6.07) is 6.00. The van der Waals surface area contributed by atoms with Gasteiger partial charge in [0.1, 0.15) is 18.1 Å². The molecule has 0 fully saturated rings. The second-order valence-electron chi connectivity index (χ2n) is 10.9. The van der Waals surface area contributed by atoms with Crippen LogP contribution >= 0.6 is 21.6 Å². The average molecular weight is 718 g/mol. The minimum absolute atomic E-state index is 0.00930. The number of unbranched alkanes of at least 4 members (excludes halogenated alkanes) is 1. The normalized spacial score (nSPS) is 20.2. The number of carboxylic acid groups (broad SMARTS) is 1. The summed E-state index contributed by atoms with van der Waals surface area (Å²) in [6.07, 6.45) is 0.358. The Morgan fingerprint density at radius 3 is 2.35 bits per heavy atom. The number of nitrogens with two attached hydrogens (primary N) is 3. The van der Waals surface area contributed by atoms with E-state index in [2.05, 4.69) is 31.6 Å². The van der Waals surface area contributed by atoms with E-state index in [1.54, 1.807) is 30.3 Å². The van der Waals surface area contributed by atoms with Crippen molar-refractivity contribution in [3.8, 4) is 0 Å². The summed E-state index contributed by atoms with van der Waals surface area (Å²) in [5.74, 6) is -5.41. The number of amides is 6. The molecule has 2 aromatic rings. The molecule has 0 saturated carbocycles. The van der Waals surface area contributed by atoms with Crippen molar-refractivity contribution in [3.63, 3.8) is 0 Å². The van der Waals surface area contributed by atoms with Crippen LogP contribution in [0.4, 0.5) is 5.69 Å². The zero-order valence-corrected chi connectivity index (χ0v) is 28.0. The lowest BCUT2D eigenvalue weighted by Gasteiger charge is -2.21. The number of nitrogens with zero attached hydrogens (tertiary/aromatic N) is 1. The SMILES string of the molecule is NC(=O)[C@@H]1CSSCCC(=O)N[C@@H](CCCCN=C(N)N)C(=O)NCC(=O)N[C@@H](CC(=O)O)C(=O)Nc2cc(cc3ccccc23)C(=O)N1. The van der Waals surface area contributed by atoms with E-state index in [1.165, 1.54) is 27.7 Å². The van der Waals surface area contributed by atoms with Gasteiger partial charge in [0, 0.05) is 41.1 Å². The molecule has 3 rings (SSSR count). The number of carboxylic acids is 1. The molecule has 264 valence electrons. The quantitative estimate of drug-likeness (QED) is 0.0699. The molecular weight excluding hydrogens is 679 g/mol. The van der Waals surface area contributed by atoms with Crippen LogP contribution in [0.25, 0.3) is 10.8 Å². The van der Waals surface area contributed by atoms with Crippen LogP contribution in [0.2, 0.25) is 0 Å². The van der Waals surface area contributed by atoms with Crippen LogP contribution in [0.3, 0.4) is 0 Å². The number of hydrogen-bond acceptors (Lipinski definition) is 10. The molecule has 12 N–H and O–H groups in total. The van der Waals surface area contributed by atoms with Crippen LogP contribution in [0.15, 0.2) is 41.4 Å². The molecule has 49 heavy (non-hydrogen) atoms. The summed E-state index contributed by atoms with van der Waals surface area (Å²) in [6.45, 7) is -0.310. The van der Waals surface area contributed by atoms with Gasteiger partial charge in [0.05, 0.1) is 13.0 Å². The second-order valence-corrected chi connectivity index (χ2v) is 13.5. The molecule has 17 nitrogen and oxygen atoms in total. The van der Waals surface area contributed by atoms with E-state index in [0.29, 0.717) is 35.9 Å². The van der Waals surface area contributed by atoms with Crippen molar-refractivity contribution < 1.29 is 38.7 Å². The predicted octanol–water partition coefficient (Wildman–Crippen LogP) is -0.849. The molecular formula is C30H39N9O8S2. The van der Waals surface area contributed by atoms with E-state index in [4.69, 9.17) is 17.2 Å². The predicted molar refractivity (Wildman–Crippen MR) is 186 cm³/mol. The average Bonchev–Trinajstić information content (AvgIpc) is 3.04. The Bertz CT molecular complexity index is 1600. The van der Waals surface area contributed by atoms with Gasteiger partial charge in [-0.05, 0) is 36.8 Å². The number of aliphatic carboxylic acids is 1. The fraction of sp³-hybridized carbons (Fsp3) is 0.400. The van der Waals surface area contributed by atoms with E-state index in [9.17, 15) is 38.7 Å².